The molecule has 2 aromatic heterocycles. The average Bonchev–Trinajstić information content (AvgIpc) is 4.01. The Morgan fingerprint density at radius 3 is 0.941 bits per heavy atom. The number of hydrogen-bond acceptors (Lipinski definition) is 2. The summed E-state index contributed by atoms with van der Waals surface area (Å²) in [4.78, 5) is 10.2. The molecule has 4 nitrogen and oxygen atoms in total. The lowest BCUT2D eigenvalue weighted by atomic mass is 9.83. The highest BCUT2D eigenvalue weighted by Crippen LogP contribution is 2.47. The van der Waals surface area contributed by atoms with E-state index in [1.54, 1.807) is 0 Å². The van der Waals surface area contributed by atoms with E-state index in [-0.39, 0.29) is 0 Å². The van der Waals surface area contributed by atoms with Crippen LogP contribution < -0.4 is 0 Å². The molecule has 0 aliphatic rings. The molecule has 0 aliphatic carbocycles. The monoisotopic (exact) mass is 866 g/mol. The smallest absolute Gasteiger partial charge is 0.145 e. The first-order valence-corrected chi connectivity index (χ1v) is 23.2. The third kappa shape index (κ3) is 6.69. The van der Waals surface area contributed by atoms with Crippen molar-refractivity contribution in [2.45, 2.75) is 0 Å². The minimum atomic E-state index is 0.930. The van der Waals surface area contributed by atoms with Crippen molar-refractivity contribution in [1.29, 1.82) is 0 Å². The van der Waals surface area contributed by atoms with Crippen LogP contribution in [0.1, 0.15) is 0 Å². The van der Waals surface area contributed by atoms with Gasteiger partial charge < -0.3 is 0 Å². The predicted octanol–water partition coefficient (Wildman–Crippen LogP) is 16.7. The lowest BCUT2D eigenvalue weighted by Gasteiger charge is -2.20. The molecule has 0 amide bonds. The summed E-state index contributed by atoms with van der Waals surface area (Å²) in [6.45, 7) is 0. The van der Waals surface area contributed by atoms with Gasteiger partial charge in [0.15, 0.2) is 0 Å². The van der Waals surface area contributed by atoms with E-state index in [1.807, 2.05) is 12.1 Å². The quantitative estimate of drug-likeness (QED) is 0.143. The van der Waals surface area contributed by atoms with Crippen LogP contribution in [0.25, 0.3) is 122 Å². The summed E-state index contributed by atoms with van der Waals surface area (Å²) in [5, 5.41) is 4.88. The van der Waals surface area contributed by atoms with Crippen LogP contribution in [-0.2, 0) is 0 Å². The minimum absolute atomic E-state index is 0.930. The van der Waals surface area contributed by atoms with Crippen LogP contribution in [0.3, 0.4) is 0 Å². The molecule has 0 saturated carbocycles. The summed E-state index contributed by atoms with van der Waals surface area (Å²) >= 11 is 0. The lowest BCUT2D eigenvalue weighted by Crippen LogP contribution is -1.97. The Kier molecular flexibility index (Phi) is 9.47. The average molecular weight is 867 g/mol. The Labute approximate surface area is 394 Å². The normalized spacial score (nSPS) is 11.5. The molecular formula is C64H42N4. The Balaban J connectivity index is 0.955. The first kappa shape index (κ1) is 39.3. The number of para-hydroxylation sites is 4. The van der Waals surface area contributed by atoms with E-state index >= 15 is 0 Å². The molecule has 318 valence electrons. The molecular weight excluding hydrogens is 825 g/mol. The van der Waals surface area contributed by atoms with E-state index in [0.29, 0.717) is 0 Å². The number of imidazole rings is 2. The van der Waals surface area contributed by atoms with Crippen molar-refractivity contribution in [2.75, 3.05) is 0 Å². The predicted molar refractivity (Wildman–Crippen MR) is 283 cm³/mol. The fourth-order valence-electron chi connectivity index (χ4n) is 10.2. The summed E-state index contributed by atoms with van der Waals surface area (Å²) in [6, 6.07) is 91.3. The SMILES string of the molecule is c1ccc(-c2c(-c3ccccc3)c3cc(-c4ccc(-n5c(-c6ccccc6)nc6ccccc65)cc4)ccc3c3ccc(-c4ccc(-n5c(-c6ccccc6)nc6ccccc65)cc4)cc23)cc1. The first-order chi connectivity index (χ1) is 33.7. The fraction of sp³-hybridized carbons (Fsp3) is 0. The molecule has 13 rings (SSSR count). The summed E-state index contributed by atoms with van der Waals surface area (Å²) in [5.41, 5.74) is 17.9. The van der Waals surface area contributed by atoms with Gasteiger partial charge >= 0.3 is 0 Å². The zero-order valence-electron chi connectivity index (χ0n) is 37.0. The molecule has 68 heavy (non-hydrogen) atoms. The van der Waals surface area contributed by atoms with Crippen LogP contribution in [0.15, 0.2) is 255 Å². The zero-order valence-corrected chi connectivity index (χ0v) is 37.0. The van der Waals surface area contributed by atoms with Crippen LogP contribution in [0.4, 0.5) is 0 Å². The molecule has 0 atom stereocenters. The van der Waals surface area contributed by atoms with Crippen molar-refractivity contribution >= 4 is 43.6 Å². The van der Waals surface area contributed by atoms with Gasteiger partial charge in [0.05, 0.1) is 22.1 Å². The molecule has 2 heterocycles. The van der Waals surface area contributed by atoms with Crippen molar-refractivity contribution in [3.8, 4) is 78.7 Å². The van der Waals surface area contributed by atoms with Crippen LogP contribution >= 0.6 is 0 Å². The molecule has 11 aromatic carbocycles. The second kappa shape index (κ2) is 16.4. The van der Waals surface area contributed by atoms with Crippen molar-refractivity contribution < 1.29 is 0 Å². The van der Waals surface area contributed by atoms with Gasteiger partial charge in [0.2, 0.25) is 0 Å². The highest BCUT2D eigenvalue weighted by atomic mass is 15.1. The van der Waals surface area contributed by atoms with Crippen molar-refractivity contribution in [3.63, 3.8) is 0 Å². The Morgan fingerprint density at radius 1 is 0.235 bits per heavy atom. The van der Waals surface area contributed by atoms with E-state index in [4.69, 9.17) is 9.97 Å². The van der Waals surface area contributed by atoms with Gasteiger partial charge in [-0.2, -0.15) is 0 Å². The zero-order chi connectivity index (χ0) is 45.0. The molecule has 4 heteroatoms. The lowest BCUT2D eigenvalue weighted by molar-refractivity contribution is 1.10. The maximum atomic E-state index is 5.09. The van der Waals surface area contributed by atoms with Gasteiger partial charge in [0, 0.05) is 22.5 Å². The third-order valence-electron chi connectivity index (χ3n) is 13.3. The molecule has 0 N–H and O–H groups in total. The molecule has 0 bridgehead atoms. The molecule has 0 fully saturated rings. The van der Waals surface area contributed by atoms with Gasteiger partial charge in [-0.3, -0.25) is 9.13 Å². The highest BCUT2D eigenvalue weighted by molar-refractivity contribution is 6.22. The minimum Gasteiger partial charge on any atom is -0.292 e. The first-order valence-electron chi connectivity index (χ1n) is 23.2. The van der Waals surface area contributed by atoms with E-state index in [2.05, 4.69) is 252 Å². The van der Waals surface area contributed by atoms with E-state index in [0.717, 1.165) is 78.5 Å². The molecule has 0 spiro atoms. The van der Waals surface area contributed by atoms with Crippen LogP contribution in [0.2, 0.25) is 0 Å². The van der Waals surface area contributed by atoms with Gasteiger partial charge in [-0.05, 0) is 127 Å². The number of hydrogen-bond donors (Lipinski definition) is 0. The standard InChI is InChI=1S/C64H42N4/c1-5-17-45(18-6-1)61-55-41-49(43-29-35-51(36-30-43)67-59-27-15-13-25-57(59)65-63(67)47-21-9-3-10-22-47)33-39-53(55)54-40-34-50(42-56(54)62(61)46-19-7-2-8-20-46)44-31-37-52(38-32-44)68-60-28-16-14-26-58(60)66-64(68)48-23-11-4-12-24-48/h1-42H. The summed E-state index contributed by atoms with van der Waals surface area (Å²) < 4.78 is 4.54. The number of aromatic nitrogens is 4. The van der Waals surface area contributed by atoms with Crippen LogP contribution in [-0.4, -0.2) is 19.1 Å². The Hall–Kier alpha value is -9.12. The molecule has 0 unspecified atom stereocenters. The maximum absolute atomic E-state index is 5.09. The second-order valence-corrected chi connectivity index (χ2v) is 17.3. The summed E-state index contributed by atoms with van der Waals surface area (Å²) in [7, 11) is 0. The van der Waals surface area contributed by atoms with Gasteiger partial charge in [-0.15, -0.1) is 0 Å². The Bertz CT molecular complexity index is 3700. The van der Waals surface area contributed by atoms with Crippen molar-refractivity contribution in [3.05, 3.63) is 255 Å². The number of fused-ring (bicyclic) bond motifs is 5. The van der Waals surface area contributed by atoms with E-state index in [9.17, 15) is 0 Å². The van der Waals surface area contributed by atoms with Crippen molar-refractivity contribution in [1.82, 2.24) is 19.1 Å². The van der Waals surface area contributed by atoms with Gasteiger partial charge in [0.25, 0.3) is 0 Å². The highest BCUT2D eigenvalue weighted by Gasteiger charge is 2.21. The maximum Gasteiger partial charge on any atom is 0.145 e. The third-order valence-corrected chi connectivity index (χ3v) is 13.3. The van der Waals surface area contributed by atoms with Crippen LogP contribution in [0, 0.1) is 0 Å². The van der Waals surface area contributed by atoms with E-state index < -0.39 is 0 Å². The number of benzene rings is 11. The molecule has 0 aliphatic heterocycles. The Morgan fingerprint density at radius 2 is 0.559 bits per heavy atom. The van der Waals surface area contributed by atoms with E-state index in [1.165, 1.54) is 43.8 Å². The summed E-state index contributed by atoms with van der Waals surface area (Å²) in [5.74, 6) is 1.86. The summed E-state index contributed by atoms with van der Waals surface area (Å²) in [6.07, 6.45) is 0. The van der Waals surface area contributed by atoms with Crippen molar-refractivity contribution in [2.24, 2.45) is 0 Å². The second-order valence-electron chi connectivity index (χ2n) is 17.3. The van der Waals surface area contributed by atoms with Gasteiger partial charge in [-0.1, -0.05) is 194 Å². The molecule has 13 aromatic rings. The molecule has 0 radical (unpaired) electrons. The number of nitrogens with zero attached hydrogens (tertiary/aromatic N) is 4. The number of rotatable bonds is 8. The van der Waals surface area contributed by atoms with Gasteiger partial charge in [-0.25, -0.2) is 9.97 Å². The van der Waals surface area contributed by atoms with Gasteiger partial charge in [0.1, 0.15) is 11.6 Å². The largest absolute Gasteiger partial charge is 0.292 e. The molecule has 0 saturated heterocycles. The topological polar surface area (TPSA) is 35.6 Å². The van der Waals surface area contributed by atoms with Crippen LogP contribution in [0.5, 0.6) is 0 Å². The fourth-order valence-corrected chi connectivity index (χ4v) is 10.2.